The molecule has 0 radical (unpaired) electrons. The van der Waals surface area contributed by atoms with E-state index in [2.05, 4.69) is 4.98 Å². The van der Waals surface area contributed by atoms with Gasteiger partial charge in [0.2, 0.25) is 0 Å². The Hall–Kier alpha value is -2.74. The predicted molar refractivity (Wildman–Crippen MR) is 129 cm³/mol. The molecular weight excluding hydrogens is 422 g/mol. The summed E-state index contributed by atoms with van der Waals surface area (Å²) in [6, 6.07) is 0. The first-order valence-corrected chi connectivity index (χ1v) is 11.0. The van der Waals surface area contributed by atoms with Crippen LogP contribution in [0.2, 0.25) is 0 Å². The lowest BCUT2D eigenvalue weighted by Crippen LogP contribution is -2.34. The smallest absolute Gasteiger partial charge is 0.331 e. The van der Waals surface area contributed by atoms with Gasteiger partial charge in [0, 0.05) is 30.8 Å². The zero-order chi connectivity index (χ0) is 25.1. The SMILES string of the molecule is CC(C=CC=C(C)C(O)C(C)C(O)CC(O)C(C)C=CC=C(C)C(=O)O)=Cc1coc(C)n1. The molecule has 0 bridgehead atoms. The van der Waals surface area contributed by atoms with Gasteiger partial charge in [-0.05, 0) is 38.0 Å². The van der Waals surface area contributed by atoms with Gasteiger partial charge in [-0.15, -0.1) is 0 Å². The van der Waals surface area contributed by atoms with Crippen molar-refractivity contribution in [1.82, 2.24) is 4.98 Å². The Labute approximate surface area is 196 Å². The van der Waals surface area contributed by atoms with Crippen LogP contribution in [0.4, 0.5) is 0 Å². The number of nitrogens with zero attached hydrogens (tertiary/aromatic N) is 1. The van der Waals surface area contributed by atoms with E-state index in [-0.39, 0.29) is 17.9 Å². The van der Waals surface area contributed by atoms with E-state index in [4.69, 9.17) is 9.52 Å². The molecule has 7 heteroatoms. The van der Waals surface area contributed by atoms with E-state index >= 15 is 0 Å². The maximum absolute atomic E-state index is 10.8. The molecule has 0 amide bonds. The van der Waals surface area contributed by atoms with Crippen LogP contribution in [0, 0.1) is 18.8 Å². The highest BCUT2D eigenvalue weighted by Gasteiger charge is 2.26. The first-order chi connectivity index (χ1) is 15.4. The molecule has 0 saturated heterocycles. The number of oxazole rings is 1. The van der Waals surface area contributed by atoms with E-state index in [1.165, 1.54) is 13.0 Å². The van der Waals surface area contributed by atoms with Crippen LogP contribution >= 0.6 is 0 Å². The highest BCUT2D eigenvalue weighted by molar-refractivity contribution is 5.86. The van der Waals surface area contributed by atoms with Crippen LogP contribution < -0.4 is 0 Å². The fourth-order valence-electron chi connectivity index (χ4n) is 3.05. The molecule has 1 aromatic heterocycles. The zero-order valence-electron chi connectivity index (χ0n) is 20.3. The molecule has 0 aliphatic carbocycles. The Morgan fingerprint density at radius 3 is 2.33 bits per heavy atom. The summed E-state index contributed by atoms with van der Waals surface area (Å²) in [5.41, 5.74) is 2.59. The summed E-state index contributed by atoms with van der Waals surface area (Å²) in [5, 5.41) is 40.4. The third-order valence-corrected chi connectivity index (χ3v) is 5.49. The number of carboxylic acids is 1. The van der Waals surface area contributed by atoms with Crippen molar-refractivity contribution in [1.29, 1.82) is 0 Å². The first-order valence-electron chi connectivity index (χ1n) is 11.0. The summed E-state index contributed by atoms with van der Waals surface area (Å²) >= 11 is 0. The molecular formula is C26H37NO6. The Balaban J connectivity index is 2.65. The number of hydrogen-bond acceptors (Lipinski definition) is 6. The van der Waals surface area contributed by atoms with Crippen LogP contribution in [0.5, 0.6) is 0 Å². The van der Waals surface area contributed by atoms with E-state index in [1.807, 2.05) is 25.2 Å². The fraction of sp³-hybridized carbons (Fsp3) is 0.462. The maximum atomic E-state index is 10.8. The Morgan fingerprint density at radius 2 is 1.76 bits per heavy atom. The topological polar surface area (TPSA) is 124 Å². The van der Waals surface area contributed by atoms with Crippen molar-refractivity contribution in [2.45, 2.75) is 66.3 Å². The minimum atomic E-state index is -0.999. The molecule has 1 aromatic rings. The number of rotatable bonds is 12. The Morgan fingerprint density at radius 1 is 1.09 bits per heavy atom. The lowest BCUT2D eigenvalue weighted by Gasteiger charge is -2.27. The third-order valence-electron chi connectivity index (χ3n) is 5.49. The molecule has 0 aromatic carbocycles. The Kier molecular flexibility index (Phi) is 11.8. The Bertz CT molecular complexity index is 921. The van der Waals surface area contributed by atoms with E-state index in [0.29, 0.717) is 11.5 Å². The number of carboxylic acid groups (broad SMARTS) is 1. The molecule has 0 saturated carbocycles. The van der Waals surface area contributed by atoms with Crippen LogP contribution in [0.1, 0.15) is 52.6 Å². The number of aryl methyl sites for hydroxylation is 1. The largest absolute Gasteiger partial charge is 0.478 e. The lowest BCUT2D eigenvalue weighted by atomic mass is 9.87. The molecule has 0 aliphatic heterocycles. The zero-order valence-corrected chi connectivity index (χ0v) is 20.3. The summed E-state index contributed by atoms with van der Waals surface area (Å²) < 4.78 is 5.17. The number of aromatic nitrogens is 1. The quantitative estimate of drug-likeness (QED) is 0.272. The van der Waals surface area contributed by atoms with Gasteiger partial charge in [0.15, 0.2) is 5.89 Å². The minimum absolute atomic E-state index is 0.0907. The van der Waals surface area contributed by atoms with Gasteiger partial charge in [-0.25, -0.2) is 9.78 Å². The van der Waals surface area contributed by atoms with Gasteiger partial charge in [-0.2, -0.15) is 0 Å². The molecule has 5 unspecified atom stereocenters. The highest BCUT2D eigenvalue weighted by Crippen LogP contribution is 2.22. The second kappa shape index (κ2) is 13.7. The first kappa shape index (κ1) is 28.3. The summed E-state index contributed by atoms with van der Waals surface area (Å²) in [5.74, 6) is -1.17. The molecule has 1 heterocycles. The number of carbonyl (C=O) groups is 1. The van der Waals surface area contributed by atoms with Crippen molar-refractivity contribution < 1.29 is 29.6 Å². The van der Waals surface area contributed by atoms with Crippen LogP contribution in [-0.4, -0.2) is 49.7 Å². The fourth-order valence-corrected chi connectivity index (χ4v) is 3.05. The van der Waals surface area contributed by atoms with E-state index < -0.39 is 30.2 Å². The maximum Gasteiger partial charge on any atom is 0.331 e. The van der Waals surface area contributed by atoms with Crippen LogP contribution in [0.3, 0.4) is 0 Å². The molecule has 7 nitrogen and oxygen atoms in total. The molecule has 0 spiro atoms. The number of aliphatic hydroxyl groups is 3. The van der Waals surface area contributed by atoms with Gasteiger partial charge in [0.05, 0.1) is 18.3 Å². The van der Waals surface area contributed by atoms with E-state index in [1.54, 1.807) is 52.2 Å². The van der Waals surface area contributed by atoms with Gasteiger partial charge >= 0.3 is 5.97 Å². The van der Waals surface area contributed by atoms with Crippen LogP contribution in [0.25, 0.3) is 6.08 Å². The number of allylic oxidation sites excluding steroid dienone is 6. The summed E-state index contributed by atoms with van der Waals surface area (Å²) in [6.07, 6.45) is 11.2. The molecule has 33 heavy (non-hydrogen) atoms. The van der Waals surface area contributed by atoms with Crippen molar-refractivity contribution in [3.05, 3.63) is 71.0 Å². The van der Waals surface area contributed by atoms with Crippen molar-refractivity contribution in [3.63, 3.8) is 0 Å². The molecule has 0 fully saturated rings. The highest BCUT2D eigenvalue weighted by atomic mass is 16.4. The van der Waals surface area contributed by atoms with Crippen LogP contribution in [-0.2, 0) is 4.79 Å². The number of hydrogen-bond donors (Lipinski definition) is 4. The van der Waals surface area contributed by atoms with Crippen molar-refractivity contribution in [3.8, 4) is 0 Å². The monoisotopic (exact) mass is 459 g/mol. The second-order valence-corrected chi connectivity index (χ2v) is 8.52. The predicted octanol–water partition coefficient (Wildman–Crippen LogP) is 4.22. The molecule has 5 atom stereocenters. The average Bonchev–Trinajstić information content (AvgIpc) is 3.16. The lowest BCUT2D eigenvalue weighted by molar-refractivity contribution is -0.132. The molecule has 182 valence electrons. The van der Waals surface area contributed by atoms with Crippen LogP contribution in [0.15, 0.2) is 63.9 Å². The molecule has 0 aliphatic rings. The van der Waals surface area contributed by atoms with Crippen molar-refractivity contribution in [2.75, 3.05) is 0 Å². The summed E-state index contributed by atoms with van der Waals surface area (Å²) in [4.78, 5) is 15.0. The second-order valence-electron chi connectivity index (χ2n) is 8.52. The van der Waals surface area contributed by atoms with E-state index in [9.17, 15) is 20.1 Å². The van der Waals surface area contributed by atoms with Crippen molar-refractivity contribution >= 4 is 12.0 Å². The van der Waals surface area contributed by atoms with Gasteiger partial charge in [-0.1, -0.05) is 50.3 Å². The average molecular weight is 460 g/mol. The van der Waals surface area contributed by atoms with Gasteiger partial charge in [0.1, 0.15) is 12.0 Å². The van der Waals surface area contributed by atoms with Gasteiger partial charge in [0.25, 0.3) is 0 Å². The van der Waals surface area contributed by atoms with Crippen molar-refractivity contribution in [2.24, 2.45) is 11.8 Å². The standard InChI is InChI=1S/C26H37NO6/c1-16(13-22-15-33-21(6)27-22)9-7-11-18(3)25(30)20(5)24(29)14-23(28)17(2)10-8-12-19(4)26(31)32/h7-13,15,17,20,23-25,28-30H,14H2,1-6H3,(H,31,32). The number of aliphatic hydroxyl groups excluding tert-OH is 3. The molecule has 1 rings (SSSR count). The summed E-state index contributed by atoms with van der Waals surface area (Å²) in [7, 11) is 0. The van der Waals surface area contributed by atoms with E-state index in [0.717, 1.165) is 11.3 Å². The van der Waals surface area contributed by atoms with Gasteiger partial charge < -0.3 is 24.8 Å². The minimum Gasteiger partial charge on any atom is -0.478 e. The normalized spacial score (nSPS) is 18.5. The molecule has 4 N–H and O–H groups in total. The summed E-state index contributed by atoms with van der Waals surface area (Å²) in [6.45, 7) is 10.5. The van der Waals surface area contributed by atoms with Gasteiger partial charge in [-0.3, -0.25) is 0 Å². The third kappa shape index (κ3) is 10.2. The number of aliphatic carboxylic acids is 1.